The lowest BCUT2D eigenvalue weighted by atomic mass is 10.0. The standard InChI is InChI=1S/C22H29N5O2/c1-14-15(2)24-20(25-21(14)26-10-8-18(23)13-26)22(28)27-9-4-5-16-11-19(29-3)7-6-17(16)12-27/h6-7,11,18H,4-5,8-10,12-13,23H2,1-3H3/t18-/m1/s1. The summed E-state index contributed by atoms with van der Waals surface area (Å²) in [6.07, 6.45) is 2.78. The minimum atomic E-state index is -0.110. The van der Waals surface area contributed by atoms with Crippen LogP contribution in [-0.2, 0) is 13.0 Å². The summed E-state index contributed by atoms with van der Waals surface area (Å²) in [5.41, 5.74) is 10.3. The van der Waals surface area contributed by atoms with E-state index in [0.717, 1.165) is 60.7 Å². The summed E-state index contributed by atoms with van der Waals surface area (Å²) in [6.45, 7) is 6.85. The number of fused-ring (bicyclic) bond motifs is 1. The highest BCUT2D eigenvalue weighted by atomic mass is 16.5. The molecule has 1 fully saturated rings. The Morgan fingerprint density at radius 2 is 2.03 bits per heavy atom. The number of ether oxygens (including phenoxy) is 1. The Morgan fingerprint density at radius 3 is 2.76 bits per heavy atom. The van der Waals surface area contributed by atoms with Gasteiger partial charge in [0, 0.05) is 43.5 Å². The van der Waals surface area contributed by atoms with Crippen LogP contribution in [0.25, 0.3) is 0 Å². The number of carbonyl (C=O) groups is 1. The van der Waals surface area contributed by atoms with Gasteiger partial charge in [-0.1, -0.05) is 6.07 Å². The maximum atomic E-state index is 13.3. The first-order valence-electron chi connectivity index (χ1n) is 10.3. The van der Waals surface area contributed by atoms with E-state index >= 15 is 0 Å². The summed E-state index contributed by atoms with van der Waals surface area (Å²) < 4.78 is 5.34. The predicted molar refractivity (Wildman–Crippen MR) is 112 cm³/mol. The zero-order valence-electron chi connectivity index (χ0n) is 17.4. The number of nitrogens with two attached hydrogens (primary N) is 1. The highest BCUT2D eigenvalue weighted by Gasteiger charge is 2.27. The van der Waals surface area contributed by atoms with Gasteiger partial charge in [-0.05, 0) is 56.4 Å². The lowest BCUT2D eigenvalue weighted by Crippen LogP contribution is -2.33. The molecule has 2 aliphatic heterocycles. The van der Waals surface area contributed by atoms with Gasteiger partial charge in [-0.15, -0.1) is 0 Å². The van der Waals surface area contributed by atoms with E-state index in [9.17, 15) is 4.79 Å². The molecular formula is C22H29N5O2. The van der Waals surface area contributed by atoms with Crippen LogP contribution in [0.3, 0.4) is 0 Å². The number of aryl methyl sites for hydroxylation is 2. The smallest absolute Gasteiger partial charge is 0.292 e. The molecule has 1 aromatic heterocycles. The molecule has 7 heteroatoms. The fourth-order valence-corrected chi connectivity index (χ4v) is 4.17. The van der Waals surface area contributed by atoms with Gasteiger partial charge in [-0.2, -0.15) is 0 Å². The van der Waals surface area contributed by atoms with Gasteiger partial charge >= 0.3 is 0 Å². The molecule has 4 rings (SSSR count). The van der Waals surface area contributed by atoms with Crippen molar-refractivity contribution in [3.8, 4) is 5.75 Å². The molecule has 2 aliphatic rings. The molecule has 0 radical (unpaired) electrons. The Hall–Kier alpha value is -2.67. The second-order valence-electron chi connectivity index (χ2n) is 8.04. The van der Waals surface area contributed by atoms with E-state index in [1.54, 1.807) is 7.11 Å². The minimum Gasteiger partial charge on any atom is -0.497 e. The van der Waals surface area contributed by atoms with E-state index in [0.29, 0.717) is 13.1 Å². The zero-order chi connectivity index (χ0) is 20.5. The summed E-state index contributed by atoms with van der Waals surface area (Å²) >= 11 is 0. The van der Waals surface area contributed by atoms with Crippen LogP contribution in [0.1, 0.15) is 45.8 Å². The van der Waals surface area contributed by atoms with Crippen molar-refractivity contribution in [2.45, 2.75) is 45.7 Å². The van der Waals surface area contributed by atoms with Crippen LogP contribution in [0.15, 0.2) is 18.2 Å². The number of carbonyl (C=O) groups excluding carboxylic acids is 1. The van der Waals surface area contributed by atoms with Gasteiger partial charge in [0.25, 0.3) is 5.91 Å². The highest BCUT2D eigenvalue weighted by Crippen LogP contribution is 2.26. The third-order valence-corrected chi connectivity index (χ3v) is 6.02. The molecule has 1 amide bonds. The fourth-order valence-electron chi connectivity index (χ4n) is 4.17. The molecule has 0 spiro atoms. The van der Waals surface area contributed by atoms with Crippen LogP contribution < -0.4 is 15.4 Å². The van der Waals surface area contributed by atoms with Crippen LogP contribution >= 0.6 is 0 Å². The number of nitrogens with zero attached hydrogens (tertiary/aromatic N) is 4. The first-order valence-corrected chi connectivity index (χ1v) is 10.3. The normalized spacial score (nSPS) is 19.1. The first-order chi connectivity index (χ1) is 14.0. The Kier molecular flexibility index (Phi) is 5.41. The van der Waals surface area contributed by atoms with Crippen molar-refractivity contribution in [1.29, 1.82) is 0 Å². The maximum absolute atomic E-state index is 13.3. The van der Waals surface area contributed by atoms with Gasteiger partial charge < -0.3 is 20.3 Å². The van der Waals surface area contributed by atoms with E-state index in [-0.39, 0.29) is 17.8 Å². The van der Waals surface area contributed by atoms with Crippen LogP contribution in [0, 0.1) is 13.8 Å². The molecule has 0 saturated carbocycles. The van der Waals surface area contributed by atoms with Crippen LogP contribution in [0.5, 0.6) is 5.75 Å². The molecular weight excluding hydrogens is 366 g/mol. The Labute approximate surface area is 171 Å². The monoisotopic (exact) mass is 395 g/mol. The maximum Gasteiger partial charge on any atom is 0.292 e. The van der Waals surface area contributed by atoms with Crippen molar-refractivity contribution in [3.05, 3.63) is 46.4 Å². The number of hydrogen-bond acceptors (Lipinski definition) is 6. The van der Waals surface area contributed by atoms with E-state index in [2.05, 4.69) is 27.0 Å². The van der Waals surface area contributed by atoms with Crippen molar-refractivity contribution in [2.75, 3.05) is 31.6 Å². The van der Waals surface area contributed by atoms with Gasteiger partial charge in [-0.25, -0.2) is 9.97 Å². The van der Waals surface area contributed by atoms with Gasteiger partial charge in [-0.3, -0.25) is 4.79 Å². The average molecular weight is 396 g/mol. The number of amides is 1. The van der Waals surface area contributed by atoms with Gasteiger partial charge in [0.15, 0.2) is 0 Å². The molecule has 154 valence electrons. The van der Waals surface area contributed by atoms with Gasteiger partial charge in [0.1, 0.15) is 11.6 Å². The van der Waals surface area contributed by atoms with Crippen LogP contribution in [-0.4, -0.2) is 53.6 Å². The van der Waals surface area contributed by atoms with Gasteiger partial charge in [0.2, 0.25) is 5.82 Å². The summed E-state index contributed by atoms with van der Waals surface area (Å²) in [5.74, 6) is 1.87. The van der Waals surface area contributed by atoms with Crippen molar-refractivity contribution in [3.63, 3.8) is 0 Å². The lowest BCUT2D eigenvalue weighted by Gasteiger charge is -2.23. The fraction of sp³-hybridized carbons (Fsp3) is 0.500. The summed E-state index contributed by atoms with van der Waals surface area (Å²) in [4.78, 5) is 26.6. The van der Waals surface area contributed by atoms with Gasteiger partial charge in [0.05, 0.1) is 7.11 Å². The molecule has 2 N–H and O–H groups in total. The van der Waals surface area contributed by atoms with E-state index in [4.69, 9.17) is 10.5 Å². The third kappa shape index (κ3) is 3.92. The predicted octanol–water partition coefficient (Wildman–Crippen LogP) is 2.23. The van der Waals surface area contributed by atoms with E-state index < -0.39 is 0 Å². The molecule has 0 unspecified atom stereocenters. The Morgan fingerprint density at radius 1 is 1.21 bits per heavy atom. The number of methoxy groups -OCH3 is 1. The van der Waals surface area contributed by atoms with Crippen molar-refractivity contribution in [1.82, 2.24) is 14.9 Å². The molecule has 2 aromatic rings. The van der Waals surface area contributed by atoms with Crippen molar-refractivity contribution >= 4 is 11.7 Å². The van der Waals surface area contributed by atoms with Crippen LogP contribution in [0.4, 0.5) is 5.82 Å². The molecule has 29 heavy (non-hydrogen) atoms. The topological polar surface area (TPSA) is 84.6 Å². The summed E-state index contributed by atoms with van der Waals surface area (Å²) in [7, 11) is 1.68. The summed E-state index contributed by atoms with van der Waals surface area (Å²) in [6, 6.07) is 6.24. The number of anilines is 1. The number of aromatic nitrogens is 2. The highest BCUT2D eigenvalue weighted by molar-refractivity contribution is 5.91. The molecule has 7 nitrogen and oxygen atoms in total. The van der Waals surface area contributed by atoms with E-state index in [1.807, 2.05) is 24.8 Å². The average Bonchev–Trinajstić information content (AvgIpc) is 3.03. The third-order valence-electron chi connectivity index (χ3n) is 6.02. The SMILES string of the molecule is COc1ccc2c(c1)CCCN(C(=O)c1nc(C)c(C)c(N3CC[C@@H](N)C3)n1)C2. The Bertz CT molecular complexity index is 930. The second-order valence-corrected chi connectivity index (χ2v) is 8.04. The number of benzene rings is 1. The largest absolute Gasteiger partial charge is 0.497 e. The van der Waals surface area contributed by atoms with Crippen molar-refractivity contribution in [2.24, 2.45) is 5.73 Å². The van der Waals surface area contributed by atoms with Crippen molar-refractivity contribution < 1.29 is 9.53 Å². The molecule has 0 bridgehead atoms. The lowest BCUT2D eigenvalue weighted by molar-refractivity contribution is 0.0733. The molecule has 3 heterocycles. The quantitative estimate of drug-likeness (QED) is 0.858. The molecule has 1 aromatic carbocycles. The van der Waals surface area contributed by atoms with E-state index in [1.165, 1.54) is 5.56 Å². The molecule has 1 saturated heterocycles. The molecule has 1 atom stereocenters. The number of rotatable bonds is 3. The zero-order valence-corrected chi connectivity index (χ0v) is 17.4. The van der Waals surface area contributed by atoms with Crippen LogP contribution in [0.2, 0.25) is 0 Å². The first kappa shape index (κ1) is 19.6. The summed E-state index contributed by atoms with van der Waals surface area (Å²) in [5, 5.41) is 0. The molecule has 0 aliphatic carbocycles. The minimum absolute atomic E-state index is 0.110. The second kappa shape index (κ2) is 7.99. The Balaban J connectivity index is 1.61. The number of hydrogen-bond donors (Lipinski definition) is 1.